The molecule has 0 saturated carbocycles. The molecule has 0 aliphatic carbocycles. The molecule has 2 N–H and O–H groups in total. The third kappa shape index (κ3) is 3.21. The number of nitrogens with one attached hydrogen (secondary N) is 2. The minimum atomic E-state index is 0. The zero-order valence-corrected chi connectivity index (χ0v) is 14.6. The molecule has 0 aromatic carbocycles. The van der Waals surface area contributed by atoms with E-state index in [1.807, 2.05) is 54.6 Å². The molecular weight excluding hydrogens is 327 g/mol. The van der Waals surface area contributed by atoms with Gasteiger partial charge in [-0.05, 0) is 54.6 Å². The molecule has 3 aromatic rings. The molecule has 25 heavy (non-hydrogen) atoms. The van der Waals surface area contributed by atoms with Crippen molar-refractivity contribution in [1.82, 2.24) is 34.9 Å². The molecule has 8 heteroatoms. The van der Waals surface area contributed by atoms with Crippen LogP contribution in [0.25, 0.3) is 46.6 Å². The van der Waals surface area contributed by atoms with Crippen molar-refractivity contribution >= 4 is 69.7 Å². The molecule has 0 radical (unpaired) electrons. The first-order valence-electron chi connectivity index (χ1n) is 7.46. The van der Waals surface area contributed by atoms with Crippen LogP contribution in [0.5, 0.6) is 0 Å². The van der Waals surface area contributed by atoms with E-state index >= 15 is 0 Å². The Morgan fingerprint density at radius 3 is 1.40 bits per heavy atom. The Bertz CT molecular complexity index is 1090. The SMILES string of the molecule is C1=Cc2nc1nc1nc(nc3ccc(cc4ccc(n2)[nH]4)[nH]3)C=C1.[H-].[H-].[Mg+2]. The summed E-state index contributed by atoms with van der Waals surface area (Å²) < 4.78 is 0. The van der Waals surface area contributed by atoms with E-state index in [-0.39, 0.29) is 25.9 Å². The van der Waals surface area contributed by atoms with Gasteiger partial charge in [0.05, 0.1) is 0 Å². The van der Waals surface area contributed by atoms with Gasteiger partial charge in [-0.1, -0.05) is 0 Å². The van der Waals surface area contributed by atoms with Gasteiger partial charge in [-0.15, -0.1) is 0 Å². The molecule has 0 amide bonds. The Morgan fingerprint density at radius 2 is 0.960 bits per heavy atom. The van der Waals surface area contributed by atoms with E-state index in [4.69, 9.17) is 0 Å². The molecule has 7 nitrogen and oxygen atoms in total. The van der Waals surface area contributed by atoms with Crippen LogP contribution in [-0.2, 0) is 0 Å². The number of fused-ring (bicyclic) bond motifs is 8. The van der Waals surface area contributed by atoms with Crippen molar-refractivity contribution in [3.05, 3.63) is 53.6 Å². The molecule has 0 spiro atoms. The molecule has 0 saturated heterocycles. The van der Waals surface area contributed by atoms with Crippen molar-refractivity contribution < 1.29 is 2.85 Å². The molecule has 3 aromatic heterocycles. The molecule has 0 fully saturated rings. The topological polar surface area (TPSA) is 96.0 Å². The van der Waals surface area contributed by atoms with Gasteiger partial charge >= 0.3 is 23.1 Å². The summed E-state index contributed by atoms with van der Waals surface area (Å²) >= 11 is 0. The summed E-state index contributed by atoms with van der Waals surface area (Å²) in [6, 6.07) is 9.75. The Balaban J connectivity index is 0.000000871. The maximum Gasteiger partial charge on any atom is 2.00 e. The number of hydrogen-bond donors (Lipinski definition) is 2. The number of aromatic nitrogens is 7. The van der Waals surface area contributed by atoms with E-state index < -0.39 is 0 Å². The summed E-state index contributed by atoms with van der Waals surface area (Å²) in [5, 5.41) is 0. The van der Waals surface area contributed by atoms with Gasteiger partial charge in [-0.2, -0.15) is 0 Å². The average molecular weight is 340 g/mol. The van der Waals surface area contributed by atoms with E-state index in [1.54, 1.807) is 0 Å². The van der Waals surface area contributed by atoms with Gasteiger partial charge in [0.1, 0.15) is 11.3 Å². The Morgan fingerprint density at radius 1 is 0.560 bits per heavy atom. The predicted molar refractivity (Wildman–Crippen MR) is 100 cm³/mol. The van der Waals surface area contributed by atoms with E-state index in [2.05, 4.69) is 34.9 Å². The van der Waals surface area contributed by atoms with Crippen molar-refractivity contribution in [1.29, 1.82) is 0 Å². The van der Waals surface area contributed by atoms with Crippen LogP contribution in [0.15, 0.2) is 30.3 Å². The van der Waals surface area contributed by atoms with Crippen molar-refractivity contribution in [3.8, 4) is 0 Å². The molecule has 8 bridgehead atoms. The average Bonchev–Trinajstić information content (AvgIpc) is 3.32. The normalized spacial score (nSPS) is 12.2. The quantitative estimate of drug-likeness (QED) is 0.423. The van der Waals surface area contributed by atoms with Crippen LogP contribution in [0, 0.1) is 0 Å². The minimum Gasteiger partial charge on any atom is -1.00 e. The van der Waals surface area contributed by atoms with E-state index in [9.17, 15) is 0 Å². The fourth-order valence-corrected chi connectivity index (χ4v) is 2.56. The number of hydrogen-bond acceptors (Lipinski definition) is 5. The first-order valence-corrected chi connectivity index (χ1v) is 7.46. The van der Waals surface area contributed by atoms with Crippen LogP contribution in [0.4, 0.5) is 0 Å². The van der Waals surface area contributed by atoms with Crippen LogP contribution in [0.2, 0.25) is 0 Å². The van der Waals surface area contributed by atoms with Crippen molar-refractivity contribution in [2.45, 2.75) is 0 Å². The van der Waals surface area contributed by atoms with Gasteiger partial charge in [-0.3, -0.25) is 0 Å². The van der Waals surface area contributed by atoms with Crippen molar-refractivity contribution in [2.24, 2.45) is 0 Å². The van der Waals surface area contributed by atoms with Crippen LogP contribution >= 0.6 is 0 Å². The Hall–Kier alpha value is -2.84. The minimum absolute atomic E-state index is 0. The summed E-state index contributed by atoms with van der Waals surface area (Å²) in [7, 11) is 0. The maximum absolute atomic E-state index is 4.47. The maximum atomic E-state index is 4.47. The molecule has 2 aliphatic rings. The first-order chi connectivity index (χ1) is 11.8. The number of H-pyrrole nitrogens is 2. The van der Waals surface area contributed by atoms with Crippen LogP contribution in [0.3, 0.4) is 0 Å². The third-order valence-corrected chi connectivity index (χ3v) is 3.62. The Kier molecular flexibility index (Phi) is 3.90. The van der Waals surface area contributed by atoms with E-state index in [0.29, 0.717) is 23.3 Å². The standard InChI is InChI=1S/C17H11N7.Mg.2H/c1-3-12-18-10(1)9-11-2-4-13(19-11)21-15-6-8-17(23-15)24-16-7-5-14(20-12)22-16;;;/h1-9H,(H2,18,19,20,21,22,23,24);;;/q;+2;2*-1. The van der Waals surface area contributed by atoms with Crippen LogP contribution < -0.4 is 0 Å². The van der Waals surface area contributed by atoms with Crippen molar-refractivity contribution in [2.75, 3.05) is 0 Å². The molecule has 118 valence electrons. The molecule has 5 rings (SSSR count). The van der Waals surface area contributed by atoms with Crippen LogP contribution in [-0.4, -0.2) is 57.9 Å². The second kappa shape index (κ2) is 6.23. The fraction of sp³-hybridized carbons (Fsp3) is 0. The fourth-order valence-electron chi connectivity index (χ4n) is 2.56. The number of aromatic amines is 2. The van der Waals surface area contributed by atoms with E-state index in [0.717, 1.165) is 22.3 Å². The monoisotopic (exact) mass is 339 g/mol. The third-order valence-electron chi connectivity index (χ3n) is 3.62. The summed E-state index contributed by atoms with van der Waals surface area (Å²) in [5.74, 6) is 2.36. The second-order valence-electron chi connectivity index (χ2n) is 5.40. The summed E-state index contributed by atoms with van der Waals surface area (Å²) in [6.07, 6.45) is 7.28. The van der Waals surface area contributed by atoms with Gasteiger partial charge in [0.2, 0.25) is 0 Å². The first kappa shape index (κ1) is 15.7. The zero-order chi connectivity index (χ0) is 15.9. The molecule has 5 heterocycles. The van der Waals surface area contributed by atoms with Gasteiger partial charge in [0.15, 0.2) is 23.3 Å². The molecule has 0 atom stereocenters. The van der Waals surface area contributed by atoms with E-state index in [1.165, 1.54) is 0 Å². The Labute approximate surface area is 161 Å². The smallest absolute Gasteiger partial charge is 1.00 e. The molecule has 0 unspecified atom stereocenters. The second-order valence-corrected chi connectivity index (χ2v) is 5.40. The van der Waals surface area contributed by atoms with Gasteiger partial charge in [0.25, 0.3) is 0 Å². The van der Waals surface area contributed by atoms with Gasteiger partial charge < -0.3 is 12.8 Å². The summed E-state index contributed by atoms with van der Waals surface area (Å²) in [5.41, 5.74) is 3.37. The van der Waals surface area contributed by atoms with Crippen molar-refractivity contribution in [3.63, 3.8) is 0 Å². The predicted octanol–water partition coefficient (Wildman–Crippen LogP) is 2.68. The summed E-state index contributed by atoms with van der Waals surface area (Å²) in [6.45, 7) is 0. The van der Waals surface area contributed by atoms with Gasteiger partial charge in [-0.25, -0.2) is 24.9 Å². The largest absolute Gasteiger partial charge is 2.00 e. The molecule has 2 aliphatic heterocycles. The number of rotatable bonds is 0. The summed E-state index contributed by atoms with van der Waals surface area (Å²) in [4.78, 5) is 28.6. The van der Waals surface area contributed by atoms with Gasteiger partial charge in [0, 0.05) is 11.0 Å². The van der Waals surface area contributed by atoms with Crippen LogP contribution in [0.1, 0.15) is 26.2 Å². The zero-order valence-electron chi connectivity index (χ0n) is 15.1. The number of nitrogens with zero attached hydrogens (tertiary/aromatic N) is 5. The molecular formula is C17H13MgN7.